The summed E-state index contributed by atoms with van der Waals surface area (Å²) in [5.41, 5.74) is 3.12. The fraction of sp³-hybridized carbons (Fsp3) is 0.457. The van der Waals surface area contributed by atoms with Gasteiger partial charge in [-0.2, -0.15) is 0 Å². The summed E-state index contributed by atoms with van der Waals surface area (Å²) in [6.45, 7) is 15.8. The molecule has 0 bridgehead atoms. The van der Waals surface area contributed by atoms with E-state index in [0.717, 1.165) is 68.9 Å². The molecule has 1 aromatic carbocycles. The molecule has 312 valence electrons. The van der Waals surface area contributed by atoms with Gasteiger partial charge in [-0.05, 0) is 80.2 Å². The van der Waals surface area contributed by atoms with Crippen molar-refractivity contribution in [2.24, 2.45) is 5.92 Å². The van der Waals surface area contributed by atoms with Crippen molar-refractivity contribution >= 4 is 17.9 Å². The van der Waals surface area contributed by atoms with Crippen LogP contribution in [0.5, 0.6) is 5.75 Å². The summed E-state index contributed by atoms with van der Waals surface area (Å²) < 4.78 is 28.7. The SMILES string of the molecule is C=C/C=C\C=C\CN1CCC(Cc2ccccn2)CCN(C(c2ccc(OC3CC(OC(C)=O)C(OC(C)=O)C(COC(C)=O)O3)cc2)c2ccccn2)CC1.CC. The van der Waals surface area contributed by atoms with E-state index < -0.39 is 42.5 Å². The topological polar surface area (TPSA) is 130 Å². The summed E-state index contributed by atoms with van der Waals surface area (Å²) in [7, 11) is 0. The number of pyridine rings is 2. The zero-order valence-electron chi connectivity index (χ0n) is 34.6. The molecule has 12 heteroatoms. The largest absolute Gasteiger partial charge is 0.465 e. The van der Waals surface area contributed by atoms with Gasteiger partial charge >= 0.3 is 17.9 Å². The highest BCUT2D eigenvalue weighted by Crippen LogP contribution is 2.33. The van der Waals surface area contributed by atoms with E-state index in [1.165, 1.54) is 20.8 Å². The standard InChI is InChI=1S/C44H54N4O8.C2H6/c1-5-6-7-8-13-24-47-25-20-35(29-37-14-9-11-22-45-37)21-26-48(28-27-47)43(39-15-10-12-23-46-39)36-16-18-38(19-17-36)55-42-30-40(53-33(3)50)44(54-34(4)51)41(56-42)31-52-32(2)49;1-2/h5-19,22-23,35,40-44H,1,20-21,24-31H2,2-4H3;1-2H3/b7-6-,13-8+;. The van der Waals surface area contributed by atoms with Gasteiger partial charge in [-0.15, -0.1) is 0 Å². The van der Waals surface area contributed by atoms with Crippen LogP contribution in [0.15, 0.2) is 110 Å². The molecule has 6 atom stereocenters. The summed E-state index contributed by atoms with van der Waals surface area (Å²) >= 11 is 0. The Bertz CT molecular complexity index is 1750. The number of carbonyl (C=O) groups excluding carboxylic acids is 3. The van der Waals surface area contributed by atoms with Gasteiger partial charge in [0.1, 0.15) is 24.6 Å². The number of esters is 3. The molecule has 0 amide bonds. The van der Waals surface area contributed by atoms with Crippen LogP contribution in [-0.2, 0) is 39.8 Å². The first-order valence-corrected chi connectivity index (χ1v) is 20.3. The molecule has 2 aliphatic heterocycles. The van der Waals surface area contributed by atoms with E-state index in [-0.39, 0.29) is 19.1 Å². The number of rotatable bonds is 15. The summed E-state index contributed by atoms with van der Waals surface area (Å²) in [5, 5.41) is 0. The lowest BCUT2D eigenvalue weighted by molar-refractivity contribution is -0.245. The predicted octanol–water partition coefficient (Wildman–Crippen LogP) is 7.07. The van der Waals surface area contributed by atoms with Crippen molar-refractivity contribution in [2.75, 3.05) is 39.3 Å². The molecule has 2 aliphatic rings. The van der Waals surface area contributed by atoms with Crippen LogP contribution in [0.4, 0.5) is 0 Å². The highest BCUT2D eigenvalue weighted by Gasteiger charge is 2.44. The Labute approximate surface area is 343 Å². The fourth-order valence-corrected chi connectivity index (χ4v) is 7.20. The average molecular weight is 797 g/mol. The molecule has 6 unspecified atom stereocenters. The van der Waals surface area contributed by atoms with Crippen LogP contribution in [0.3, 0.4) is 0 Å². The fourth-order valence-electron chi connectivity index (χ4n) is 7.20. The molecular weight excluding hydrogens is 737 g/mol. The second-order valence-corrected chi connectivity index (χ2v) is 14.1. The normalized spacial score (nSPS) is 22.3. The first kappa shape index (κ1) is 45.5. The summed E-state index contributed by atoms with van der Waals surface area (Å²) in [6, 6.07) is 19.9. The zero-order chi connectivity index (χ0) is 41.7. The minimum absolute atomic E-state index is 0.0933. The Kier molecular flexibility index (Phi) is 19.3. The molecule has 5 rings (SSSR count). The van der Waals surface area contributed by atoms with Crippen LogP contribution < -0.4 is 4.74 Å². The van der Waals surface area contributed by atoms with Gasteiger partial charge in [0.25, 0.3) is 0 Å². The highest BCUT2D eigenvalue weighted by atomic mass is 16.7. The van der Waals surface area contributed by atoms with Gasteiger partial charge in [0.05, 0.1) is 18.2 Å². The van der Waals surface area contributed by atoms with Gasteiger partial charge in [-0.25, -0.2) is 0 Å². The molecule has 58 heavy (non-hydrogen) atoms. The van der Waals surface area contributed by atoms with Crippen molar-refractivity contribution in [3.8, 4) is 5.75 Å². The second-order valence-electron chi connectivity index (χ2n) is 14.1. The maximum Gasteiger partial charge on any atom is 0.303 e. The molecule has 0 spiro atoms. The average Bonchev–Trinajstić information content (AvgIpc) is 3.31. The molecule has 0 radical (unpaired) electrons. The van der Waals surface area contributed by atoms with Crippen molar-refractivity contribution < 1.29 is 38.1 Å². The van der Waals surface area contributed by atoms with Crippen molar-refractivity contribution in [2.45, 2.75) is 90.9 Å². The summed E-state index contributed by atoms with van der Waals surface area (Å²) in [5.74, 6) is -0.676. The number of ether oxygens (including phenoxy) is 5. The number of hydrogen-bond acceptors (Lipinski definition) is 12. The summed E-state index contributed by atoms with van der Waals surface area (Å²) in [6.07, 6.45) is 13.1. The lowest BCUT2D eigenvalue weighted by atomic mass is 9.94. The maximum atomic E-state index is 12.0. The second kappa shape index (κ2) is 24.6. The van der Waals surface area contributed by atoms with E-state index in [4.69, 9.17) is 28.7 Å². The van der Waals surface area contributed by atoms with Gasteiger partial charge in [0.15, 0.2) is 6.10 Å². The molecule has 0 aliphatic carbocycles. The summed E-state index contributed by atoms with van der Waals surface area (Å²) in [4.78, 5) is 50.2. The molecule has 0 N–H and O–H groups in total. The third-order valence-electron chi connectivity index (χ3n) is 9.81. The van der Waals surface area contributed by atoms with Crippen LogP contribution in [0.1, 0.15) is 76.9 Å². The Morgan fingerprint density at radius 2 is 1.57 bits per heavy atom. The van der Waals surface area contributed by atoms with Crippen molar-refractivity contribution in [3.63, 3.8) is 0 Å². The molecule has 0 saturated carbocycles. The van der Waals surface area contributed by atoms with E-state index in [2.05, 4.69) is 51.7 Å². The quantitative estimate of drug-likeness (QED) is 0.0887. The molecule has 2 fully saturated rings. The van der Waals surface area contributed by atoms with E-state index in [0.29, 0.717) is 11.7 Å². The van der Waals surface area contributed by atoms with Gasteiger partial charge in [-0.1, -0.05) is 75.1 Å². The van der Waals surface area contributed by atoms with E-state index in [9.17, 15) is 14.4 Å². The van der Waals surface area contributed by atoms with Gasteiger partial charge in [0.2, 0.25) is 6.29 Å². The van der Waals surface area contributed by atoms with Crippen LogP contribution in [-0.4, -0.2) is 102 Å². The molecular formula is C46H60N4O8. The third-order valence-corrected chi connectivity index (χ3v) is 9.81. The number of aromatic nitrogens is 2. The maximum absolute atomic E-state index is 12.0. The van der Waals surface area contributed by atoms with Crippen LogP contribution in [0.25, 0.3) is 0 Å². The van der Waals surface area contributed by atoms with Crippen molar-refractivity contribution in [1.29, 1.82) is 0 Å². The Morgan fingerprint density at radius 3 is 2.22 bits per heavy atom. The van der Waals surface area contributed by atoms with Crippen LogP contribution in [0.2, 0.25) is 0 Å². The zero-order valence-corrected chi connectivity index (χ0v) is 34.6. The monoisotopic (exact) mass is 796 g/mol. The van der Waals surface area contributed by atoms with Gasteiger partial charge in [-0.3, -0.25) is 34.2 Å². The molecule has 2 aromatic heterocycles. The Hall–Kier alpha value is -5.17. The number of carbonyl (C=O) groups is 3. The lowest BCUT2D eigenvalue weighted by Crippen LogP contribution is -2.54. The van der Waals surface area contributed by atoms with E-state index in [1.807, 2.05) is 80.9 Å². The van der Waals surface area contributed by atoms with E-state index in [1.54, 1.807) is 6.08 Å². The van der Waals surface area contributed by atoms with Gasteiger partial charge < -0.3 is 23.7 Å². The Balaban J connectivity index is 0.00000366. The number of allylic oxidation sites excluding steroid dienone is 4. The van der Waals surface area contributed by atoms with Crippen molar-refractivity contribution in [3.05, 3.63) is 127 Å². The smallest absolute Gasteiger partial charge is 0.303 e. The lowest BCUT2D eigenvalue weighted by Gasteiger charge is -2.39. The number of hydrogen-bond donors (Lipinski definition) is 0. The van der Waals surface area contributed by atoms with Gasteiger partial charge in [0, 0.05) is 58.5 Å². The molecule has 12 nitrogen and oxygen atoms in total. The minimum atomic E-state index is -0.983. The van der Waals surface area contributed by atoms with Crippen molar-refractivity contribution in [1.82, 2.24) is 19.8 Å². The first-order valence-electron chi connectivity index (χ1n) is 20.3. The molecule has 2 saturated heterocycles. The van der Waals surface area contributed by atoms with Crippen LogP contribution in [0, 0.1) is 5.92 Å². The predicted molar refractivity (Wildman–Crippen MR) is 223 cm³/mol. The van der Waals surface area contributed by atoms with Crippen LogP contribution >= 0.6 is 0 Å². The Morgan fingerprint density at radius 1 is 0.845 bits per heavy atom. The number of nitrogens with zero attached hydrogens (tertiary/aromatic N) is 4. The number of benzene rings is 1. The molecule has 3 aromatic rings. The highest BCUT2D eigenvalue weighted by molar-refractivity contribution is 5.67. The minimum Gasteiger partial charge on any atom is -0.465 e. The third kappa shape index (κ3) is 15.0. The van der Waals surface area contributed by atoms with E-state index >= 15 is 0 Å². The molecule has 4 heterocycles. The first-order chi connectivity index (χ1) is 28.2.